The Morgan fingerprint density at radius 1 is 1.29 bits per heavy atom. The van der Waals surface area contributed by atoms with Crippen molar-refractivity contribution in [1.82, 2.24) is 0 Å². The summed E-state index contributed by atoms with van der Waals surface area (Å²) in [5.41, 5.74) is 1.96. The van der Waals surface area contributed by atoms with Crippen molar-refractivity contribution in [3.05, 3.63) is 24.3 Å². The van der Waals surface area contributed by atoms with Crippen molar-refractivity contribution in [1.29, 1.82) is 0 Å². The lowest BCUT2D eigenvalue weighted by molar-refractivity contribution is -0.105. The summed E-state index contributed by atoms with van der Waals surface area (Å²) in [5, 5.41) is 2.65. The number of amides is 1. The summed E-state index contributed by atoms with van der Waals surface area (Å²) in [5.74, 6) is 0. The third kappa shape index (κ3) is 4.07. The number of carbonyl (C=O) groups excluding carboxylic acids is 1. The molecule has 1 N–H and O–H groups in total. The fourth-order valence-electron chi connectivity index (χ4n) is 1.68. The van der Waals surface area contributed by atoms with E-state index in [4.69, 9.17) is 4.74 Å². The second-order valence-electron chi connectivity index (χ2n) is 3.41. The van der Waals surface area contributed by atoms with Gasteiger partial charge in [-0.3, -0.25) is 4.79 Å². The van der Waals surface area contributed by atoms with Gasteiger partial charge in [0.25, 0.3) is 0 Å². The van der Waals surface area contributed by atoms with Gasteiger partial charge in [-0.05, 0) is 18.2 Å². The number of anilines is 2. The van der Waals surface area contributed by atoms with Crippen LogP contribution in [0.2, 0.25) is 0 Å². The topological polar surface area (TPSA) is 41.6 Å². The molecule has 1 fully saturated rings. The zero-order chi connectivity index (χ0) is 12.5. The summed E-state index contributed by atoms with van der Waals surface area (Å²) in [4.78, 5) is 12.6. The third-order valence-electron chi connectivity index (χ3n) is 2.45. The van der Waals surface area contributed by atoms with Gasteiger partial charge in [-0.1, -0.05) is 19.9 Å². The van der Waals surface area contributed by atoms with Crippen LogP contribution in [0.25, 0.3) is 0 Å². The van der Waals surface area contributed by atoms with E-state index >= 15 is 0 Å². The molecule has 0 bridgehead atoms. The van der Waals surface area contributed by atoms with Gasteiger partial charge in [-0.15, -0.1) is 0 Å². The smallest absolute Gasteiger partial charge is 0.211 e. The average Bonchev–Trinajstić information content (AvgIpc) is 2.43. The van der Waals surface area contributed by atoms with E-state index in [0.29, 0.717) is 6.41 Å². The van der Waals surface area contributed by atoms with Gasteiger partial charge in [0.05, 0.1) is 13.2 Å². The molecule has 0 unspecified atom stereocenters. The molecule has 1 aromatic rings. The number of hydrogen-bond acceptors (Lipinski definition) is 3. The molecule has 0 saturated carbocycles. The highest BCUT2D eigenvalue weighted by Gasteiger charge is 2.10. The first-order chi connectivity index (χ1) is 8.40. The largest absolute Gasteiger partial charge is 0.378 e. The van der Waals surface area contributed by atoms with E-state index in [-0.39, 0.29) is 0 Å². The van der Waals surface area contributed by atoms with Crippen molar-refractivity contribution in [2.24, 2.45) is 0 Å². The van der Waals surface area contributed by atoms with E-state index in [9.17, 15) is 4.79 Å². The van der Waals surface area contributed by atoms with Gasteiger partial charge in [-0.2, -0.15) is 0 Å². The normalized spacial score (nSPS) is 14.6. The number of nitrogens with zero attached hydrogens (tertiary/aromatic N) is 1. The van der Waals surface area contributed by atoms with Gasteiger partial charge < -0.3 is 15.0 Å². The molecular formula is C13H20N2O2. The van der Waals surface area contributed by atoms with Gasteiger partial charge in [0.15, 0.2) is 0 Å². The number of benzene rings is 1. The van der Waals surface area contributed by atoms with E-state index in [0.717, 1.165) is 37.7 Å². The molecule has 4 heteroatoms. The van der Waals surface area contributed by atoms with Crippen LogP contribution in [0.1, 0.15) is 13.8 Å². The lowest BCUT2D eigenvalue weighted by atomic mass is 10.2. The van der Waals surface area contributed by atoms with Crippen LogP contribution in [0.5, 0.6) is 0 Å². The Bertz CT molecular complexity index is 336. The SMILES string of the molecule is CC.O=CNc1cccc(N2CCOCC2)c1. The van der Waals surface area contributed by atoms with Crippen molar-refractivity contribution in [2.75, 3.05) is 36.5 Å². The van der Waals surface area contributed by atoms with E-state index in [1.165, 1.54) is 0 Å². The Morgan fingerprint density at radius 3 is 2.65 bits per heavy atom. The van der Waals surface area contributed by atoms with Gasteiger partial charge in [0, 0.05) is 24.5 Å². The van der Waals surface area contributed by atoms with Crippen LogP contribution >= 0.6 is 0 Å². The zero-order valence-electron chi connectivity index (χ0n) is 10.5. The first-order valence-corrected chi connectivity index (χ1v) is 6.03. The Hall–Kier alpha value is -1.55. The molecule has 94 valence electrons. The molecule has 17 heavy (non-hydrogen) atoms. The van der Waals surface area contributed by atoms with Crippen LogP contribution < -0.4 is 10.2 Å². The molecule has 1 aliphatic heterocycles. The molecule has 0 spiro atoms. The molecule has 1 aromatic carbocycles. The van der Waals surface area contributed by atoms with Crippen molar-refractivity contribution < 1.29 is 9.53 Å². The van der Waals surface area contributed by atoms with Gasteiger partial charge in [0.1, 0.15) is 0 Å². The van der Waals surface area contributed by atoms with Crippen LogP contribution in [0, 0.1) is 0 Å². The van der Waals surface area contributed by atoms with Crippen molar-refractivity contribution in [2.45, 2.75) is 13.8 Å². The molecule has 0 aliphatic carbocycles. The summed E-state index contributed by atoms with van der Waals surface area (Å²) in [6.07, 6.45) is 0.693. The molecule has 1 amide bonds. The molecule has 0 atom stereocenters. The van der Waals surface area contributed by atoms with Crippen molar-refractivity contribution in [3.8, 4) is 0 Å². The Labute approximate surface area is 103 Å². The number of ether oxygens (including phenoxy) is 1. The highest BCUT2D eigenvalue weighted by Crippen LogP contribution is 2.19. The fourth-order valence-corrected chi connectivity index (χ4v) is 1.68. The minimum absolute atomic E-state index is 0.693. The van der Waals surface area contributed by atoms with Gasteiger partial charge >= 0.3 is 0 Å². The Morgan fingerprint density at radius 2 is 2.00 bits per heavy atom. The number of hydrogen-bond donors (Lipinski definition) is 1. The number of nitrogens with one attached hydrogen (secondary N) is 1. The minimum atomic E-state index is 0.693. The summed E-state index contributed by atoms with van der Waals surface area (Å²) >= 11 is 0. The first-order valence-electron chi connectivity index (χ1n) is 6.03. The quantitative estimate of drug-likeness (QED) is 0.817. The molecule has 4 nitrogen and oxygen atoms in total. The Kier molecular flexibility index (Phi) is 6.10. The van der Waals surface area contributed by atoms with Crippen LogP contribution in [0.3, 0.4) is 0 Å². The zero-order valence-corrected chi connectivity index (χ0v) is 10.5. The van der Waals surface area contributed by atoms with Crippen LogP contribution in [-0.2, 0) is 9.53 Å². The molecule has 1 heterocycles. The highest BCUT2D eigenvalue weighted by atomic mass is 16.5. The summed E-state index contributed by atoms with van der Waals surface area (Å²) in [6.45, 7) is 7.35. The molecular weight excluding hydrogens is 216 g/mol. The van der Waals surface area contributed by atoms with Crippen molar-refractivity contribution >= 4 is 17.8 Å². The summed E-state index contributed by atoms with van der Waals surface area (Å²) < 4.78 is 5.29. The number of carbonyl (C=O) groups is 1. The van der Waals surface area contributed by atoms with Crippen LogP contribution in [0.4, 0.5) is 11.4 Å². The van der Waals surface area contributed by atoms with E-state index < -0.39 is 0 Å². The molecule has 0 radical (unpaired) electrons. The lowest BCUT2D eigenvalue weighted by Crippen LogP contribution is -2.36. The predicted molar refractivity (Wildman–Crippen MR) is 70.5 cm³/mol. The van der Waals surface area contributed by atoms with E-state index in [2.05, 4.69) is 10.2 Å². The molecule has 2 rings (SSSR count). The second-order valence-corrected chi connectivity index (χ2v) is 3.41. The maximum Gasteiger partial charge on any atom is 0.211 e. The second kappa shape index (κ2) is 7.68. The number of rotatable bonds is 3. The van der Waals surface area contributed by atoms with E-state index in [1.807, 2.05) is 38.1 Å². The standard InChI is InChI=1S/C11H14N2O2.C2H6/c14-9-12-10-2-1-3-11(8-10)13-4-6-15-7-5-13;1-2/h1-3,8-9H,4-7H2,(H,12,14);1-2H3. The van der Waals surface area contributed by atoms with E-state index in [1.54, 1.807) is 0 Å². The average molecular weight is 236 g/mol. The number of morpholine rings is 1. The molecule has 1 aliphatic rings. The first kappa shape index (κ1) is 13.5. The maximum absolute atomic E-state index is 10.3. The highest BCUT2D eigenvalue weighted by molar-refractivity contribution is 5.73. The fraction of sp³-hybridized carbons (Fsp3) is 0.462. The van der Waals surface area contributed by atoms with Crippen LogP contribution in [-0.4, -0.2) is 32.7 Å². The third-order valence-corrected chi connectivity index (χ3v) is 2.45. The van der Waals surface area contributed by atoms with Gasteiger partial charge in [-0.25, -0.2) is 0 Å². The van der Waals surface area contributed by atoms with Crippen LogP contribution in [0.15, 0.2) is 24.3 Å². The van der Waals surface area contributed by atoms with Crippen molar-refractivity contribution in [3.63, 3.8) is 0 Å². The minimum Gasteiger partial charge on any atom is -0.378 e. The summed E-state index contributed by atoms with van der Waals surface area (Å²) in [7, 11) is 0. The lowest BCUT2D eigenvalue weighted by Gasteiger charge is -2.29. The summed E-state index contributed by atoms with van der Waals surface area (Å²) in [6, 6.07) is 7.83. The molecule has 0 aromatic heterocycles. The maximum atomic E-state index is 10.3. The molecule has 1 saturated heterocycles. The monoisotopic (exact) mass is 236 g/mol. The predicted octanol–water partition coefficient (Wildman–Crippen LogP) is 2.12. The Balaban J connectivity index is 0.000000686. The van der Waals surface area contributed by atoms with Gasteiger partial charge in [0.2, 0.25) is 6.41 Å².